The minimum absolute atomic E-state index is 0.0496. The lowest BCUT2D eigenvalue weighted by Crippen LogP contribution is -2.29. The van der Waals surface area contributed by atoms with Gasteiger partial charge < -0.3 is 10.1 Å². The lowest BCUT2D eigenvalue weighted by atomic mass is 10.00. The van der Waals surface area contributed by atoms with Gasteiger partial charge in [0.15, 0.2) is 5.75 Å². The van der Waals surface area contributed by atoms with Gasteiger partial charge in [-0.15, -0.1) is 0 Å². The first-order valence-electron chi connectivity index (χ1n) is 10.8. The van der Waals surface area contributed by atoms with Gasteiger partial charge in [0.2, 0.25) is 5.91 Å². The van der Waals surface area contributed by atoms with Crippen molar-refractivity contribution in [2.24, 2.45) is 0 Å². The van der Waals surface area contributed by atoms with Crippen LogP contribution >= 0.6 is 23.2 Å². The minimum Gasteiger partial charge on any atom is -0.422 e. The summed E-state index contributed by atoms with van der Waals surface area (Å²) < 4.78 is 5.65. The number of pyridine rings is 1. The van der Waals surface area contributed by atoms with Crippen LogP contribution in [0.15, 0.2) is 54.7 Å². The first-order chi connectivity index (χ1) is 16.4. The smallest absolute Gasteiger partial charge is 0.311 e. The Balaban J connectivity index is 1.61. The van der Waals surface area contributed by atoms with Crippen LogP contribution in [-0.4, -0.2) is 22.8 Å². The van der Waals surface area contributed by atoms with E-state index in [0.29, 0.717) is 11.5 Å². The first kappa shape index (κ1) is 22.4. The highest BCUT2D eigenvalue weighted by molar-refractivity contribution is 6.40. The fourth-order valence-electron chi connectivity index (χ4n) is 4.20. The topological polar surface area (TPSA) is 88.6 Å². The van der Waals surface area contributed by atoms with Crippen LogP contribution in [0.1, 0.15) is 42.1 Å². The third-order valence-electron chi connectivity index (χ3n) is 6.05. The molecule has 2 aliphatic rings. The molecule has 7 nitrogen and oxygen atoms in total. The number of hydrogen-bond donors (Lipinski definition) is 1. The molecule has 1 fully saturated rings. The number of carbonyl (C=O) groups excluding carboxylic acids is 3. The first-order valence-corrected chi connectivity index (χ1v) is 11.5. The van der Waals surface area contributed by atoms with E-state index in [2.05, 4.69) is 10.3 Å². The molecule has 34 heavy (non-hydrogen) atoms. The molecular formula is C25H19Cl2N3O4. The van der Waals surface area contributed by atoms with Crippen LogP contribution in [0.5, 0.6) is 5.75 Å². The zero-order valence-corrected chi connectivity index (χ0v) is 19.6. The molecule has 0 bridgehead atoms. The zero-order chi connectivity index (χ0) is 24.0. The average Bonchev–Trinajstić information content (AvgIpc) is 3.59. The lowest BCUT2D eigenvalue weighted by Gasteiger charge is -2.22. The van der Waals surface area contributed by atoms with Gasteiger partial charge in [0.1, 0.15) is 5.82 Å². The summed E-state index contributed by atoms with van der Waals surface area (Å²) in [5, 5.41) is 3.09. The maximum atomic E-state index is 13.5. The summed E-state index contributed by atoms with van der Waals surface area (Å²) in [6.07, 6.45) is 3.17. The second kappa shape index (κ2) is 8.42. The fourth-order valence-corrected chi connectivity index (χ4v) is 4.77. The summed E-state index contributed by atoms with van der Waals surface area (Å²) in [5.41, 5.74) is 0.858. The third kappa shape index (κ3) is 3.52. The molecule has 1 aliphatic carbocycles. The minimum atomic E-state index is -0.597. The fraction of sp³-hybridized carbons (Fsp3) is 0.200. The number of para-hydroxylation sites is 1. The summed E-state index contributed by atoms with van der Waals surface area (Å²) in [5.74, 6) is -0.684. The quantitative estimate of drug-likeness (QED) is 0.364. The molecule has 9 heteroatoms. The molecule has 0 atom stereocenters. The predicted molar refractivity (Wildman–Crippen MR) is 129 cm³/mol. The summed E-state index contributed by atoms with van der Waals surface area (Å²) in [6, 6.07) is 13.3. The number of esters is 1. The van der Waals surface area contributed by atoms with E-state index in [9.17, 15) is 14.4 Å². The molecule has 0 saturated heterocycles. The number of nitrogens with one attached hydrogen (secondary N) is 1. The number of fused-ring (bicyclic) bond motifs is 2. The molecule has 1 aromatic heterocycles. The van der Waals surface area contributed by atoms with Crippen molar-refractivity contribution in [1.29, 1.82) is 0 Å². The summed E-state index contributed by atoms with van der Waals surface area (Å²) in [7, 11) is 0. The van der Waals surface area contributed by atoms with Crippen LogP contribution in [0, 0.1) is 0 Å². The molecule has 1 N–H and O–H groups in total. The Morgan fingerprint density at radius 2 is 1.79 bits per heavy atom. The SMILES string of the molecule is CCC(=O)Oc1c(NC(=O)c2c(Cl)cccc2Cl)cccc1N1C(=O)C2(CC2)c2cccnc21. The second-order valence-electron chi connectivity index (χ2n) is 8.13. The predicted octanol–water partition coefficient (Wildman–Crippen LogP) is 5.67. The molecule has 2 amide bonds. The summed E-state index contributed by atoms with van der Waals surface area (Å²) >= 11 is 12.4. The third-order valence-corrected chi connectivity index (χ3v) is 6.68. The Hall–Kier alpha value is -3.42. The van der Waals surface area contributed by atoms with Crippen LogP contribution in [0.3, 0.4) is 0 Å². The van der Waals surface area contributed by atoms with E-state index in [4.69, 9.17) is 27.9 Å². The molecule has 172 valence electrons. The maximum absolute atomic E-state index is 13.5. The number of ether oxygens (including phenoxy) is 1. The Bertz CT molecular complexity index is 1330. The maximum Gasteiger partial charge on any atom is 0.311 e. The van der Waals surface area contributed by atoms with Gasteiger partial charge >= 0.3 is 5.97 Å². The molecular weight excluding hydrogens is 477 g/mol. The van der Waals surface area contributed by atoms with Gasteiger partial charge in [0, 0.05) is 18.2 Å². The Labute approximate surface area is 205 Å². The number of halogens is 2. The van der Waals surface area contributed by atoms with Crippen molar-refractivity contribution in [2.75, 3.05) is 10.2 Å². The van der Waals surface area contributed by atoms with Gasteiger partial charge in [-0.05, 0) is 43.2 Å². The van der Waals surface area contributed by atoms with E-state index in [-0.39, 0.29) is 39.4 Å². The lowest BCUT2D eigenvalue weighted by molar-refractivity contribution is -0.134. The highest BCUT2D eigenvalue weighted by Crippen LogP contribution is 2.59. The largest absolute Gasteiger partial charge is 0.422 e. The van der Waals surface area contributed by atoms with Crippen molar-refractivity contribution in [3.8, 4) is 5.75 Å². The molecule has 2 heterocycles. The van der Waals surface area contributed by atoms with Crippen molar-refractivity contribution < 1.29 is 19.1 Å². The van der Waals surface area contributed by atoms with E-state index in [1.165, 1.54) is 4.90 Å². The normalized spacial score (nSPS) is 15.3. The average molecular weight is 496 g/mol. The van der Waals surface area contributed by atoms with Crippen LogP contribution in [0.2, 0.25) is 10.0 Å². The summed E-state index contributed by atoms with van der Waals surface area (Å²) in [6.45, 7) is 1.66. The molecule has 3 aromatic rings. The summed E-state index contributed by atoms with van der Waals surface area (Å²) in [4.78, 5) is 44.8. The van der Waals surface area contributed by atoms with Gasteiger partial charge in [0.05, 0.1) is 32.4 Å². The van der Waals surface area contributed by atoms with Gasteiger partial charge in [0.25, 0.3) is 5.91 Å². The molecule has 5 rings (SSSR count). The van der Waals surface area contributed by atoms with Crippen molar-refractivity contribution in [1.82, 2.24) is 4.98 Å². The van der Waals surface area contributed by atoms with Crippen molar-refractivity contribution in [3.05, 3.63) is 75.9 Å². The van der Waals surface area contributed by atoms with E-state index < -0.39 is 17.3 Å². The van der Waals surface area contributed by atoms with Crippen LogP contribution < -0.4 is 15.0 Å². The molecule has 1 spiro atoms. The number of anilines is 3. The van der Waals surface area contributed by atoms with Crippen LogP contribution in [-0.2, 0) is 15.0 Å². The highest BCUT2D eigenvalue weighted by Gasteiger charge is 2.60. The van der Waals surface area contributed by atoms with Crippen molar-refractivity contribution in [2.45, 2.75) is 31.6 Å². The molecule has 0 unspecified atom stereocenters. The number of hydrogen-bond acceptors (Lipinski definition) is 5. The van der Waals surface area contributed by atoms with Crippen LogP contribution in [0.4, 0.5) is 17.2 Å². The number of rotatable bonds is 5. The van der Waals surface area contributed by atoms with E-state index >= 15 is 0 Å². The standard InChI is InChI=1S/C25H19Cl2N3O4/c1-2-19(31)34-21-17(29-23(32)20-15(26)7-3-8-16(20)27)9-4-10-18(21)30-22-14(6-5-13-28-22)25(11-12-25)24(30)33/h3-10,13H,2,11-12H2,1H3,(H,29,32). The zero-order valence-electron chi connectivity index (χ0n) is 18.1. The molecule has 1 saturated carbocycles. The van der Waals surface area contributed by atoms with Crippen molar-refractivity contribution >= 4 is 58.2 Å². The van der Waals surface area contributed by atoms with Gasteiger partial charge in [-0.2, -0.15) is 0 Å². The Morgan fingerprint density at radius 1 is 1.09 bits per heavy atom. The van der Waals surface area contributed by atoms with Gasteiger partial charge in [-0.3, -0.25) is 19.3 Å². The number of carbonyl (C=O) groups is 3. The second-order valence-corrected chi connectivity index (χ2v) is 8.94. The number of nitrogens with zero attached hydrogens (tertiary/aromatic N) is 2. The Morgan fingerprint density at radius 3 is 2.47 bits per heavy atom. The van der Waals surface area contributed by atoms with E-state index in [1.807, 2.05) is 6.07 Å². The van der Waals surface area contributed by atoms with Crippen LogP contribution in [0.25, 0.3) is 0 Å². The van der Waals surface area contributed by atoms with Gasteiger partial charge in [-0.1, -0.05) is 48.3 Å². The number of benzene rings is 2. The number of aromatic nitrogens is 1. The van der Waals surface area contributed by atoms with E-state index in [1.54, 1.807) is 55.6 Å². The highest BCUT2D eigenvalue weighted by atomic mass is 35.5. The molecule has 1 aliphatic heterocycles. The molecule has 2 aromatic carbocycles. The van der Waals surface area contributed by atoms with Crippen molar-refractivity contribution in [3.63, 3.8) is 0 Å². The monoisotopic (exact) mass is 495 g/mol. The molecule has 0 radical (unpaired) electrons. The van der Waals surface area contributed by atoms with Gasteiger partial charge in [-0.25, -0.2) is 4.98 Å². The Kier molecular flexibility index (Phi) is 5.54. The number of amides is 2. The van der Waals surface area contributed by atoms with E-state index in [0.717, 1.165) is 18.4 Å².